The van der Waals surface area contributed by atoms with Gasteiger partial charge in [-0.1, -0.05) is 128 Å². The summed E-state index contributed by atoms with van der Waals surface area (Å²) < 4.78 is 45.4. The highest BCUT2D eigenvalue weighted by atomic mass is 19.1. The van der Waals surface area contributed by atoms with E-state index in [-0.39, 0.29) is 75.6 Å². The Morgan fingerprint density at radius 1 is 0.445 bits per heavy atom. The number of halogens is 3. The summed E-state index contributed by atoms with van der Waals surface area (Å²) in [5.41, 5.74) is 10.6. The Balaban J connectivity index is 0.000000125. The molecule has 0 bridgehead atoms. The first-order valence-electron chi connectivity index (χ1n) is 38.2. The maximum absolute atomic E-state index is 15.2. The lowest BCUT2D eigenvalue weighted by molar-refractivity contribution is -0.130. The minimum absolute atomic E-state index is 0.0135. The normalized spacial score (nSPS) is 25.4. The number of carbonyl (C=O) groups is 3. The number of aromatic nitrogens is 9. The predicted molar refractivity (Wildman–Crippen MR) is 416 cm³/mol. The third kappa shape index (κ3) is 12.0. The van der Waals surface area contributed by atoms with Crippen molar-refractivity contribution in [2.75, 3.05) is 0 Å². The van der Waals surface area contributed by atoms with Crippen LogP contribution in [0.4, 0.5) is 13.2 Å². The molecule has 15 nitrogen and oxygen atoms in total. The number of benzene rings is 4. The number of hydrogen-bond donors (Lipinski definition) is 0. The molecule has 548 valence electrons. The maximum atomic E-state index is 15.2. The molecule has 110 heavy (non-hydrogen) atoms. The van der Waals surface area contributed by atoms with Crippen LogP contribution in [0.5, 0.6) is 0 Å². The molecule has 0 radical (unpaired) electrons. The minimum Gasteiger partial charge on any atom is -0.308 e. The topological polar surface area (TPSA) is 180 Å². The summed E-state index contributed by atoms with van der Waals surface area (Å²) in [6.45, 7) is 39.3. The molecule has 18 rings (SSSR count). The van der Waals surface area contributed by atoms with Gasteiger partial charge in [-0.3, -0.25) is 15.0 Å². The zero-order valence-electron chi connectivity index (χ0n) is 62.8. The van der Waals surface area contributed by atoms with E-state index in [1.807, 2.05) is 120 Å². The summed E-state index contributed by atoms with van der Waals surface area (Å²) in [6.07, 6.45) is 20.8. The number of ketones is 3. The molecule has 6 aromatic heterocycles. The number of pyridine rings is 3. The highest BCUT2D eigenvalue weighted by molar-refractivity contribution is 6.04. The van der Waals surface area contributed by atoms with Crippen molar-refractivity contribution in [1.82, 2.24) is 44.9 Å². The van der Waals surface area contributed by atoms with E-state index in [0.717, 1.165) is 105 Å². The van der Waals surface area contributed by atoms with E-state index in [2.05, 4.69) is 50.3 Å². The smallest absolute Gasteiger partial charge is 0.226 e. The Morgan fingerprint density at radius 2 is 0.891 bits per heavy atom. The second-order valence-corrected chi connectivity index (χ2v) is 31.9. The molecule has 0 saturated heterocycles. The Morgan fingerprint density at radius 3 is 1.38 bits per heavy atom. The lowest BCUT2D eigenvalue weighted by Gasteiger charge is -2.52. The van der Waals surface area contributed by atoms with Crippen molar-refractivity contribution < 1.29 is 27.6 Å². The van der Waals surface area contributed by atoms with Gasteiger partial charge in [0.25, 0.3) is 0 Å². The van der Waals surface area contributed by atoms with Crippen LogP contribution in [0.3, 0.4) is 0 Å². The number of hydrogen-bond acceptors (Lipinski definition) is 12. The molecule has 0 spiro atoms. The molecular formula is C92H81F3N12O3. The summed E-state index contributed by atoms with van der Waals surface area (Å²) in [7, 11) is 0. The van der Waals surface area contributed by atoms with Gasteiger partial charge in [0, 0.05) is 130 Å². The molecule has 0 N–H and O–H groups in total. The average Bonchev–Trinajstić information content (AvgIpc) is 0.872. The first-order chi connectivity index (χ1) is 53.0. The number of carbonyl (C=O) groups excluding carboxylic acids is 3. The predicted octanol–water partition coefficient (Wildman–Crippen LogP) is 20.0. The van der Waals surface area contributed by atoms with Gasteiger partial charge >= 0.3 is 0 Å². The van der Waals surface area contributed by atoms with E-state index in [9.17, 15) is 14.4 Å². The van der Waals surface area contributed by atoms with Gasteiger partial charge in [0.15, 0.2) is 34.8 Å². The highest BCUT2D eigenvalue weighted by Gasteiger charge is 2.58. The maximum Gasteiger partial charge on any atom is 0.226 e. The van der Waals surface area contributed by atoms with Gasteiger partial charge in [-0.15, -0.1) is 0 Å². The third-order valence-electron chi connectivity index (χ3n) is 25.6. The lowest BCUT2D eigenvalue weighted by atomic mass is 9.51. The summed E-state index contributed by atoms with van der Waals surface area (Å²) in [5, 5.41) is 0.904. The summed E-state index contributed by atoms with van der Waals surface area (Å²) in [4.78, 5) is 94.3. The van der Waals surface area contributed by atoms with E-state index in [1.165, 1.54) is 31.0 Å². The fraction of sp³-hybridized carbons (Fsp3) is 0.337. The van der Waals surface area contributed by atoms with E-state index < -0.39 is 27.1 Å². The van der Waals surface area contributed by atoms with Crippen LogP contribution in [0.25, 0.3) is 93.4 Å². The zero-order chi connectivity index (χ0) is 76.9. The van der Waals surface area contributed by atoms with Gasteiger partial charge in [-0.05, 0) is 168 Å². The quantitative estimate of drug-likeness (QED) is 0.118. The average molecular weight is 1460 g/mol. The van der Waals surface area contributed by atoms with Crippen molar-refractivity contribution in [3.8, 4) is 67.9 Å². The van der Waals surface area contributed by atoms with Crippen molar-refractivity contribution in [1.29, 1.82) is 0 Å². The van der Waals surface area contributed by atoms with Crippen LogP contribution in [-0.2, 0) is 49.9 Å². The fourth-order valence-corrected chi connectivity index (χ4v) is 19.1. The highest BCUT2D eigenvalue weighted by Crippen LogP contribution is 2.60. The molecule has 0 unspecified atom stereocenters. The second kappa shape index (κ2) is 27.8. The van der Waals surface area contributed by atoms with E-state index in [1.54, 1.807) is 61.1 Å². The molecular weight excluding hydrogens is 1380 g/mol. The number of allylic oxidation sites excluding steroid dienone is 6. The first kappa shape index (κ1) is 72.5. The molecule has 8 aliphatic rings. The molecule has 9 atom stereocenters. The molecule has 2 saturated carbocycles. The van der Waals surface area contributed by atoms with E-state index in [4.69, 9.17) is 49.6 Å². The Labute approximate surface area is 638 Å². The van der Waals surface area contributed by atoms with Crippen molar-refractivity contribution >= 4 is 28.3 Å². The Hall–Kier alpha value is -11.7. The minimum atomic E-state index is -0.688. The van der Waals surface area contributed by atoms with Crippen LogP contribution in [0, 0.1) is 71.7 Å². The number of rotatable bonds is 10. The van der Waals surface area contributed by atoms with Crippen molar-refractivity contribution in [3.05, 3.63) is 278 Å². The second-order valence-electron chi connectivity index (χ2n) is 31.9. The van der Waals surface area contributed by atoms with Crippen molar-refractivity contribution in [2.45, 2.75) is 161 Å². The van der Waals surface area contributed by atoms with Crippen LogP contribution < -0.4 is 0 Å². The number of Topliss-reactive ketones (excluding diaryl/α,β-unsaturated/α-hetero) is 3. The number of nitrogens with zero attached hydrogens (tertiary/aromatic N) is 12. The van der Waals surface area contributed by atoms with Gasteiger partial charge in [-0.25, -0.2) is 57.6 Å². The number of para-hydroxylation sites is 1. The molecule has 0 amide bonds. The van der Waals surface area contributed by atoms with Crippen LogP contribution in [-0.4, -0.2) is 62.2 Å². The van der Waals surface area contributed by atoms with Gasteiger partial charge in [0.2, 0.25) is 17.1 Å². The van der Waals surface area contributed by atoms with Crippen molar-refractivity contribution in [2.24, 2.45) is 34.5 Å². The van der Waals surface area contributed by atoms with Crippen LogP contribution in [0.2, 0.25) is 0 Å². The SMILES string of the molecule is [C-]#[N+]C1=C[C@@]2(C)c3nc(-c4ccc(C5CC5)nc4)nc(-c4ccccc4F)c3CC[C@@H]2[C@@H](C)C1=O.[C-]#[N+]C1=C[C@@]2(C)c3nc(-c4ccnc(C5CC5)c4)nc(-c4ccccc4F)c3CC[C@@H]2[C@@](C)(CC)C1=O.[C-]#[N+]C1=C[C@@]2(C)c3nc(-c4ccnc5ccccc45)nc(-c4ccccc4F)c3CC[C@@H]2[C@@](C)(CC)C1=O. The Bertz CT molecular complexity index is 5760. The van der Waals surface area contributed by atoms with Crippen LogP contribution >= 0.6 is 0 Å². The third-order valence-corrected chi connectivity index (χ3v) is 25.6. The molecule has 6 heterocycles. The standard InChI is InChI=1S/C32H27FN4O.C31H29FN4O.C29H25FN4O/c1-5-31(2)26-15-14-22-27(21-11-6-8-12-23(21)33)36-30(20-16-17-35-24-13-9-7-10-19(20)24)37-28(22)32(26,3)18-25(34-4)29(31)38;1-5-30(2)25-13-12-21-26(20-8-6-7-9-22(20)32)35-29(19-14-15-34-23(16-19)18-10-11-18)36-27(21)31(25,3)17-24(33-4)28(30)37;1-16-21-12-11-20-25(19-6-4-5-7-22(19)30)33-28(18-10-13-23(32-15-18)17-8-9-17)34-27(20)29(21,2)14-24(31-3)26(16)35/h6-13,16-18,26H,5,14-15H2,1-3H3;6-9,14-18,25H,5,10-13H2,1-3H3;4-7,10,13-17,21H,8-9,11-12H2,1-2H3/t26-,31-,32-;25-,30-,31-;16-,21-,29-/m111/s1. The van der Waals surface area contributed by atoms with Gasteiger partial charge in [-0.2, -0.15) is 0 Å². The fourth-order valence-electron chi connectivity index (χ4n) is 19.1. The molecule has 0 aliphatic heterocycles. The van der Waals surface area contributed by atoms with E-state index in [0.29, 0.717) is 95.2 Å². The monoisotopic (exact) mass is 1460 g/mol. The summed E-state index contributed by atoms with van der Waals surface area (Å²) in [6, 6.07) is 37.8. The summed E-state index contributed by atoms with van der Waals surface area (Å²) in [5.74, 6) is 0.890. The van der Waals surface area contributed by atoms with Crippen LogP contribution in [0.15, 0.2) is 181 Å². The molecule has 2 fully saturated rings. The molecule has 18 heteroatoms. The molecule has 10 aromatic rings. The number of fused-ring (bicyclic) bond motifs is 10. The van der Waals surface area contributed by atoms with Crippen LogP contribution in [0.1, 0.15) is 170 Å². The largest absolute Gasteiger partial charge is 0.308 e. The van der Waals surface area contributed by atoms with E-state index >= 15 is 13.2 Å². The molecule has 4 aromatic carbocycles. The first-order valence-corrected chi connectivity index (χ1v) is 38.2. The summed E-state index contributed by atoms with van der Waals surface area (Å²) >= 11 is 0. The van der Waals surface area contributed by atoms with Crippen molar-refractivity contribution in [3.63, 3.8) is 0 Å². The zero-order valence-corrected chi connectivity index (χ0v) is 62.8. The lowest BCUT2D eigenvalue weighted by Crippen LogP contribution is -2.52. The van der Waals surface area contributed by atoms with Gasteiger partial charge in [0.05, 0.1) is 59.4 Å². The molecule has 8 aliphatic carbocycles. The van der Waals surface area contributed by atoms with Gasteiger partial charge in [0.1, 0.15) is 17.5 Å². The van der Waals surface area contributed by atoms with Gasteiger partial charge < -0.3 is 14.4 Å². The Kier molecular flexibility index (Phi) is 18.3.